The number of benzene rings is 2. The highest BCUT2D eigenvalue weighted by Gasteiger charge is 2.06. The van der Waals surface area contributed by atoms with E-state index in [-0.39, 0.29) is 0 Å². The molecule has 0 aliphatic carbocycles. The van der Waals surface area contributed by atoms with E-state index in [2.05, 4.69) is 5.32 Å². The first-order valence-electron chi connectivity index (χ1n) is 6.04. The molecule has 0 saturated carbocycles. The van der Waals surface area contributed by atoms with Crippen molar-refractivity contribution in [2.45, 2.75) is 6.54 Å². The average Bonchev–Trinajstić information content (AvgIpc) is 2.47. The molecule has 0 saturated heterocycles. The third-order valence-corrected chi connectivity index (χ3v) is 3.49. The van der Waals surface area contributed by atoms with Crippen molar-refractivity contribution in [3.63, 3.8) is 0 Å². The Morgan fingerprint density at radius 3 is 2.50 bits per heavy atom. The molecule has 0 aliphatic heterocycles. The van der Waals surface area contributed by atoms with Crippen LogP contribution in [0.25, 0.3) is 0 Å². The fourth-order valence-corrected chi connectivity index (χ4v) is 2.20. The minimum Gasteiger partial charge on any atom is -0.497 e. The molecule has 0 fully saturated rings. The number of methoxy groups -OCH3 is 2. The van der Waals surface area contributed by atoms with Gasteiger partial charge >= 0.3 is 0 Å². The molecule has 1 N–H and O–H groups in total. The van der Waals surface area contributed by atoms with Gasteiger partial charge in [-0.25, -0.2) is 0 Å². The second-order valence-corrected chi connectivity index (χ2v) is 5.00. The summed E-state index contributed by atoms with van der Waals surface area (Å²) in [7, 11) is 3.25. The van der Waals surface area contributed by atoms with Crippen LogP contribution in [0.5, 0.6) is 11.5 Å². The summed E-state index contributed by atoms with van der Waals surface area (Å²) < 4.78 is 10.5. The highest BCUT2D eigenvalue weighted by molar-refractivity contribution is 6.33. The van der Waals surface area contributed by atoms with E-state index in [0.29, 0.717) is 16.6 Å². The van der Waals surface area contributed by atoms with E-state index in [0.717, 1.165) is 22.7 Å². The molecule has 20 heavy (non-hydrogen) atoms. The minimum atomic E-state index is 0.545. The van der Waals surface area contributed by atoms with Gasteiger partial charge in [-0.15, -0.1) is 0 Å². The molecule has 5 heteroatoms. The predicted octanol–water partition coefficient (Wildman–Crippen LogP) is 4.62. The van der Waals surface area contributed by atoms with Gasteiger partial charge in [0, 0.05) is 22.7 Å². The zero-order valence-electron chi connectivity index (χ0n) is 11.2. The van der Waals surface area contributed by atoms with E-state index in [9.17, 15) is 0 Å². The molecular formula is C15H15Cl2NO2. The zero-order valence-corrected chi connectivity index (χ0v) is 12.8. The lowest BCUT2D eigenvalue weighted by atomic mass is 10.2. The van der Waals surface area contributed by atoms with Gasteiger partial charge in [0.25, 0.3) is 0 Å². The Kier molecular flexibility index (Phi) is 4.99. The first kappa shape index (κ1) is 14.8. The summed E-state index contributed by atoms with van der Waals surface area (Å²) in [6, 6.07) is 10.9. The Bertz CT molecular complexity index is 602. The maximum absolute atomic E-state index is 6.14. The molecule has 0 amide bonds. The third-order valence-electron chi connectivity index (χ3n) is 2.88. The molecular weight excluding hydrogens is 297 g/mol. The summed E-state index contributed by atoms with van der Waals surface area (Å²) in [5, 5.41) is 4.60. The predicted molar refractivity (Wildman–Crippen MR) is 83.3 cm³/mol. The summed E-state index contributed by atoms with van der Waals surface area (Å²) in [5.41, 5.74) is 1.76. The SMILES string of the molecule is COc1ccc(OC)c(NCc2cc(Cl)ccc2Cl)c1. The van der Waals surface area contributed by atoms with E-state index in [1.165, 1.54) is 0 Å². The van der Waals surface area contributed by atoms with Crippen LogP contribution in [-0.4, -0.2) is 14.2 Å². The summed E-state index contributed by atoms with van der Waals surface area (Å²) in [6.07, 6.45) is 0. The number of halogens is 2. The quantitative estimate of drug-likeness (QED) is 0.873. The molecule has 2 rings (SSSR count). The Morgan fingerprint density at radius 1 is 1.00 bits per heavy atom. The Hall–Kier alpha value is -1.58. The van der Waals surface area contributed by atoms with Crippen molar-refractivity contribution >= 4 is 28.9 Å². The molecule has 3 nitrogen and oxygen atoms in total. The van der Waals surface area contributed by atoms with Crippen molar-refractivity contribution in [1.82, 2.24) is 0 Å². The van der Waals surface area contributed by atoms with Crippen LogP contribution in [0.2, 0.25) is 10.0 Å². The summed E-state index contributed by atoms with van der Waals surface area (Å²) in [5.74, 6) is 1.49. The molecule has 2 aromatic rings. The first-order valence-corrected chi connectivity index (χ1v) is 6.79. The summed E-state index contributed by atoms with van der Waals surface area (Å²) in [4.78, 5) is 0. The van der Waals surface area contributed by atoms with Crippen molar-refractivity contribution in [2.75, 3.05) is 19.5 Å². The van der Waals surface area contributed by atoms with Crippen LogP contribution >= 0.6 is 23.2 Å². The zero-order chi connectivity index (χ0) is 14.5. The molecule has 0 spiro atoms. The molecule has 0 unspecified atom stereocenters. The van der Waals surface area contributed by atoms with Gasteiger partial charge in [0.05, 0.1) is 19.9 Å². The Morgan fingerprint density at radius 2 is 1.80 bits per heavy atom. The summed E-state index contributed by atoms with van der Waals surface area (Å²) >= 11 is 12.1. The molecule has 0 aromatic heterocycles. The standard InChI is InChI=1S/C15H15Cl2NO2/c1-19-12-4-6-15(20-2)14(8-12)18-9-10-7-11(16)3-5-13(10)17/h3-8,18H,9H2,1-2H3. The van der Waals surface area contributed by atoms with Crippen LogP contribution in [0.1, 0.15) is 5.56 Å². The van der Waals surface area contributed by atoms with Crippen molar-refractivity contribution in [1.29, 1.82) is 0 Å². The van der Waals surface area contributed by atoms with Crippen LogP contribution in [0, 0.1) is 0 Å². The van der Waals surface area contributed by atoms with Gasteiger partial charge in [0.15, 0.2) is 0 Å². The van der Waals surface area contributed by atoms with E-state index in [1.807, 2.05) is 24.3 Å². The number of anilines is 1. The number of ether oxygens (including phenoxy) is 2. The Labute approximate surface area is 128 Å². The Balaban J connectivity index is 2.19. The maximum Gasteiger partial charge on any atom is 0.142 e. The van der Waals surface area contributed by atoms with E-state index < -0.39 is 0 Å². The minimum absolute atomic E-state index is 0.545. The van der Waals surface area contributed by atoms with Gasteiger partial charge in [-0.1, -0.05) is 23.2 Å². The number of hydrogen-bond donors (Lipinski definition) is 1. The normalized spacial score (nSPS) is 10.2. The van der Waals surface area contributed by atoms with E-state index in [4.69, 9.17) is 32.7 Å². The molecule has 0 aliphatic rings. The van der Waals surface area contributed by atoms with Crippen LogP contribution in [-0.2, 0) is 6.54 Å². The van der Waals surface area contributed by atoms with Gasteiger partial charge in [-0.2, -0.15) is 0 Å². The maximum atomic E-state index is 6.14. The molecule has 0 atom stereocenters. The highest BCUT2D eigenvalue weighted by atomic mass is 35.5. The molecule has 0 bridgehead atoms. The van der Waals surface area contributed by atoms with Gasteiger partial charge < -0.3 is 14.8 Å². The van der Waals surface area contributed by atoms with Crippen molar-refractivity contribution < 1.29 is 9.47 Å². The first-order chi connectivity index (χ1) is 9.63. The largest absolute Gasteiger partial charge is 0.497 e. The lowest BCUT2D eigenvalue weighted by Crippen LogP contribution is -2.02. The molecule has 0 radical (unpaired) electrons. The second kappa shape index (κ2) is 6.73. The van der Waals surface area contributed by atoms with Crippen LogP contribution in [0.3, 0.4) is 0 Å². The van der Waals surface area contributed by atoms with Crippen molar-refractivity contribution in [2.24, 2.45) is 0 Å². The van der Waals surface area contributed by atoms with Gasteiger partial charge in [-0.3, -0.25) is 0 Å². The van der Waals surface area contributed by atoms with Crippen LogP contribution in [0.15, 0.2) is 36.4 Å². The van der Waals surface area contributed by atoms with Crippen molar-refractivity contribution in [3.8, 4) is 11.5 Å². The van der Waals surface area contributed by atoms with Crippen LogP contribution in [0.4, 0.5) is 5.69 Å². The van der Waals surface area contributed by atoms with Crippen molar-refractivity contribution in [3.05, 3.63) is 52.0 Å². The van der Waals surface area contributed by atoms with E-state index in [1.54, 1.807) is 26.4 Å². The lowest BCUT2D eigenvalue weighted by molar-refractivity contribution is 0.404. The monoisotopic (exact) mass is 311 g/mol. The average molecular weight is 312 g/mol. The van der Waals surface area contributed by atoms with Gasteiger partial charge in [0.1, 0.15) is 11.5 Å². The number of rotatable bonds is 5. The fourth-order valence-electron chi connectivity index (χ4n) is 1.82. The fraction of sp³-hybridized carbons (Fsp3) is 0.200. The molecule has 0 heterocycles. The molecule has 2 aromatic carbocycles. The number of nitrogens with one attached hydrogen (secondary N) is 1. The topological polar surface area (TPSA) is 30.5 Å². The number of hydrogen-bond acceptors (Lipinski definition) is 3. The summed E-state index contributed by atoms with van der Waals surface area (Å²) in [6.45, 7) is 0.545. The van der Waals surface area contributed by atoms with Gasteiger partial charge in [0.2, 0.25) is 0 Å². The second-order valence-electron chi connectivity index (χ2n) is 4.16. The lowest BCUT2D eigenvalue weighted by Gasteiger charge is -2.13. The van der Waals surface area contributed by atoms with Crippen LogP contribution < -0.4 is 14.8 Å². The molecule has 106 valence electrons. The van der Waals surface area contributed by atoms with E-state index >= 15 is 0 Å². The smallest absolute Gasteiger partial charge is 0.142 e. The van der Waals surface area contributed by atoms with Gasteiger partial charge in [-0.05, 0) is 35.9 Å². The highest BCUT2D eigenvalue weighted by Crippen LogP contribution is 2.30. The third kappa shape index (κ3) is 3.50.